The molecule has 5 nitrogen and oxygen atoms in total. The topological polar surface area (TPSA) is 47.7 Å². The van der Waals surface area contributed by atoms with Crippen LogP contribution in [0.3, 0.4) is 0 Å². The Balaban J connectivity index is 2.52. The molecule has 6 heteroatoms. The number of hydrogen-bond donors (Lipinski definition) is 1. The minimum Gasteiger partial charge on any atom is -0.304 e. The average Bonchev–Trinajstić information content (AvgIpc) is 3.08. The van der Waals surface area contributed by atoms with Crippen LogP contribution in [0.4, 0.5) is 0 Å². The first kappa shape index (κ1) is 16.2. The lowest BCUT2D eigenvalue weighted by molar-refractivity contribution is 0.498. The lowest BCUT2D eigenvalue weighted by Crippen LogP contribution is -2.27. The molecule has 0 radical (unpaired) electrons. The first-order valence-electron chi connectivity index (χ1n) is 7.67. The SMILES string of the molecule is CCNC(c1cc(CC)nn1CC)c1c(Br)cnn1CC. The molecule has 0 amide bonds. The second-order valence-corrected chi connectivity index (χ2v) is 5.77. The molecule has 0 fully saturated rings. The standard InChI is InChI=1S/C15H24BrN5/c1-5-11-9-13(20(7-3)19-11)14(17-6-2)15-12(16)10-18-21(15)8-4/h9-10,14,17H,5-8H2,1-4H3. The van der Waals surface area contributed by atoms with Crippen LogP contribution < -0.4 is 5.32 Å². The number of rotatable bonds is 7. The van der Waals surface area contributed by atoms with Gasteiger partial charge in [-0.3, -0.25) is 9.36 Å². The van der Waals surface area contributed by atoms with Gasteiger partial charge < -0.3 is 5.32 Å². The van der Waals surface area contributed by atoms with Crippen molar-refractivity contribution >= 4 is 15.9 Å². The number of aromatic nitrogens is 4. The molecular weight excluding hydrogens is 330 g/mol. The molecule has 0 aromatic carbocycles. The van der Waals surface area contributed by atoms with Gasteiger partial charge in [0.15, 0.2) is 0 Å². The summed E-state index contributed by atoms with van der Waals surface area (Å²) in [5, 5.41) is 12.7. The number of hydrogen-bond acceptors (Lipinski definition) is 3. The van der Waals surface area contributed by atoms with E-state index in [2.05, 4.69) is 69.9 Å². The summed E-state index contributed by atoms with van der Waals surface area (Å²) in [5.74, 6) is 0. The lowest BCUT2D eigenvalue weighted by Gasteiger charge is -2.20. The molecule has 21 heavy (non-hydrogen) atoms. The zero-order valence-electron chi connectivity index (χ0n) is 13.2. The van der Waals surface area contributed by atoms with E-state index in [1.165, 1.54) is 5.69 Å². The zero-order chi connectivity index (χ0) is 15.4. The predicted octanol–water partition coefficient (Wildman–Crippen LogP) is 3.14. The van der Waals surface area contributed by atoms with Gasteiger partial charge in [0.1, 0.15) is 0 Å². The summed E-state index contributed by atoms with van der Waals surface area (Å²) in [4.78, 5) is 0. The van der Waals surface area contributed by atoms with Gasteiger partial charge in [-0.2, -0.15) is 10.2 Å². The van der Waals surface area contributed by atoms with Crippen molar-refractivity contribution < 1.29 is 0 Å². The Hall–Kier alpha value is -1.14. The quantitative estimate of drug-likeness (QED) is 0.831. The molecule has 2 rings (SSSR count). The van der Waals surface area contributed by atoms with Gasteiger partial charge in [0, 0.05) is 13.1 Å². The molecule has 2 aromatic rings. The van der Waals surface area contributed by atoms with Crippen molar-refractivity contribution in [3.05, 3.63) is 33.8 Å². The van der Waals surface area contributed by atoms with Crippen molar-refractivity contribution in [2.24, 2.45) is 0 Å². The highest BCUT2D eigenvalue weighted by Crippen LogP contribution is 2.29. The van der Waals surface area contributed by atoms with E-state index in [1.54, 1.807) is 0 Å². The van der Waals surface area contributed by atoms with Gasteiger partial charge >= 0.3 is 0 Å². The van der Waals surface area contributed by atoms with Crippen LogP contribution in [0.25, 0.3) is 0 Å². The molecule has 116 valence electrons. The number of halogens is 1. The molecule has 1 atom stereocenters. The van der Waals surface area contributed by atoms with Gasteiger partial charge in [-0.15, -0.1) is 0 Å². The second-order valence-electron chi connectivity index (χ2n) is 4.91. The summed E-state index contributed by atoms with van der Waals surface area (Å²) >= 11 is 3.64. The fourth-order valence-corrected chi connectivity index (χ4v) is 3.13. The zero-order valence-corrected chi connectivity index (χ0v) is 14.8. The average molecular weight is 354 g/mol. The van der Waals surface area contributed by atoms with E-state index in [0.29, 0.717) is 0 Å². The molecule has 0 aliphatic rings. The summed E-state index contributed by atoms with van der Waals surface area (Å²) in [7, 11) is 0. The first-order valence-corrected chi connectivity index (χ1v) is 8.46. The van der Waals surface area contributed by atoms with Crippen LogP contribution in [-0.2, 0) is 19.5 Å². The normalized spacial score (nSPS) is 12.8. The van der Waals surface area contributed by atoms with Gasteiger partial charge in [0.2, 0.25) is 0 Å². The monoisotopic (exact) mass is 353 g/mol. The van der Waals surface area contributed by atoms with Crippen LogP contribution >= 0.6 is 15.9 Å². The Morgan fingerprint density at radius 2 is 1.90 bits per heavy atom. The number of aryl methyl sites for hydroxylation is 3. The van der Waals surface area contributed by atoms with Crippen molar-refractivity contribution in [3.63, 3.8) is 0 Å². The number of nitrogens with zero attached hydrogens (tertiary/aromatic N) is 4. The molecule has 0 saturated heterocycles. The van der Waals surface area contributed by atoms with E-state index in [-0.39, 0.29) is 6.04 Å². The minimum absolute atomic E-state index is 0.0968. The van der Waals surface area contributed by atoms with Gasteiger partial charge in [-0.25, -0.2) is 0 Å². The third-order valence-electron chi connectivity index (χ3n) is 3.63. The third kappa shape index (κ3) is 3.21. The molecule has 0 aliphatic carbocycles. The third-order valence-corrected chi connectivity index (χ3v) is 4.24. The fourth-order valence-electron chi connectivity index (χ4n) is 2.60. The van der Waals surface area contributed by atoms with Crippen LogP contribution in [0.2, 0.25) is 0 Å². The van der Waals surface area contributed by atoms with Gasteiger partial charge in [-0.05, 0) is 48.8 Å². The van der Waals surface area contributed by atoms with Crippen molar-refractivity contribution in [1.29, 1.82) is 0 Å². The van der Waals surface area contributed by atoms with E-state index in [4.69, 9.17) is 0 Å². The van der Waals surface area contributed by atoms with Crippen LogP contribution in [0.15, 0.2) is 16.7 Å². The predicted molar refractivity (Wildman–Crippen MR) is 88.4 cm³/mol. The summed E-state index contributed by atoms with van der Waals surface area (Å²) in [6.45, 7) is 11.1. The van der Waals surface area contributed by atoms with E-state index in [1.807, 2.05) is 10.9 Å². The maximum atomic E-state index is 4.68. The molecule has 1 unspecified atom stereocenters. The van der Waals surface area contributed by atoms with Crippen molar-refractivity contribution in [2.45, 2.75) is 53.2 Å². The van der Waals surface area contributed by atoms with Crippen molar-refractivity contribution in [3.8, 4) is 0 Å². The smallest absolute Gasteiger partial charge is 0.0930 e. The first-order chi connectivity index (χ1) is 10.2. The minimum atomic E-state index is 0.0968. The Labute approximate surface area is 134 Å². The summed E-state index contributed by atoms with van der Waals surface area (Å²) in [6, 6.07) is 2.30. The molecule has 2 aromatic heterocycles. The van der Waals surface area contributed by atoms with Crippen LogP contribution in [0.5, 0.6) is 0 Å². The molecule has 1 N–H and O–H groups in total. The fraction of sp³-hybridized carbons (Fsp3) is 0.600. The molecule has 0 bridgehead atoms. The highest BCUT2D eigenvalue weighted by molar-refractivity contribution is 9.10. The van der Waals surface area contributed by atoms with Gasteiger partial charge in [-0.1, -0.05) is 13.8 Å². The Morgan fingerprint density at radius 3 is 2.48 bits per heavy atom. The molecule has 0 spiro atoms. The summed E-state index contributed by atoms with van der Waals surface area (Å²) in [5.41, 5.74) is 3.50. The van der Waals surface area contributed by atoms with Crippen LogP contribution in [-0.4, -0.2) is 26.1 Å². The second kappa shape index (κ2) is 7.22. The van der Waals surface area contributed by atoms with E-state index >= 15 is 0 Å². The van der Waals surface area contributed by atoms with Crippen LogP contribution in [0.1, 0.15) is 50.8 Å². The molecular formula is C15H24BrN5. The number of nitrogens with one attached hydrogen (secondary N) is 1. The van der Waals surface area contributed by atoms with Crippen molar-refractivity contribution in [1.82, 2.24) is 24.9 Å². The molecule has 2 heterocycles. The summed E-state index contributed by atoms with van der Waals surface area (Å²) in [6.07, 6.45) is 2.82. The Morgan fingerprint density at radius 1 is 1.19 bits per heavy atom. The Kier molecular flexibility index (Phi) is 5.58. The van der Waals surface area contributed by atoms with Gasteiger partial charge in [0.25, 0.3) is 0 Å². The van der Waals surface area contributed by atoms with Crippen molar-refractivity contribution in [2.75, 3.05) is 6.54 Å². The molecule has 0 aliphatic heterocycles. The summed E-state index contributed by atoms with van der Waals surface area (Å²) < 4.78 is 5.17. The van der Waals surface area contributed by atoms with Crippen LogP contribution in [0, 0.1) is 0 Å². The lowest BCUT2D eigenvalue weighted by atomic mass is 10.1. The van der Waals surface area contributed by atoms with E-state index in [9.17, 15) is 0 Å². The Bertz CT molecular complexity index is 587. The molecule has 0 saturated carbocycles. The largest absolute Gasteiger partial charge is 0.304 e. The maximum absolute atomic E-state index is 4.68. The van der Waals surface area contributed by atoms with E-state index in [0.717, 1.165) is 41.9 Å². The highest BCUT2D eigenvalue weighted by atomic mass is 79.9. The highest BCUT2D eigenvalue weighted by Gasteiger charge is 2.24. The van der Waals surface area contributed by atoms with E-state index < -0.39 is 0 Å². The van der Waals surface area contributed by atoms with Gasteiger partial charge in [0.05, 0.1) is 33.8 Å². The maximum Gasteiger partial charge on any atom is 0.0930 e.